The van der Waals surface area contributed by atoms with Crippen LogP contribution in [-0.4, -0.2) is 37.1 Å². The third-order valence-corrected chi connectivity index (χ3v) is 3.11. The topological polar surface area (TPSA) is 38.7 Å². The lowest BCUT2D eigenvalue weighted by Gasteiger charge is -2.22. The second-order valence-electron chi connectivity index (χ2n) is 4.34. The Balaban J connectivity index is 2.17. The summed E-state index contributed by atoms with van der Waals surface area (Å²) in [6.07, 6.45) is 6.10. The van der Waals surface area contributed by atoms with E-state index in [4.69, 9.17) is 9.47 Å². The van der Waals surface area contributed by atoms with Crippen molar-refractivity contribution in [3.05, 3.63) is 0 Å². The van der Waals surface area contributed by atoms with Crippen LogP contribution in [0.1, 0.15) is 45.4 Å². The highest BCUT2D eigenvalue weighted by Gasteiger charge is 2.21. The number of aliphatic hydroxyl groups is 1. The van der Waals surface area contributed by atoms with E-state index in [0.717, 1.165) is 38.7 Å². The van der Waals surface area contributed by atoms with Crippen LogP contribution < -0.4 is 0 Å². The Kier molecular flexibility index (Phi) is 6.22. The summed E-state index contributed by atoms with van der Waals surface area (Å²) in [6, 6.07) is 0. The molecule has 0 saturated carbocycles. The summed E-state index contributed by atoms with van der Waals surface area (Å²) in [5.41, 5.74) is 0. The van der Waals surface area contributed by atoms with E-state index in [2.05, 4.69) is 6.92 Å². The van der Waals surface area contributed by atoms with Crippen molar-refractivity contribution in [3.63, 3.8) is 0 Å². The zero-order valence-corrected chi connectivity index (χ0v) is 9.95. The van der Waals surface area contributed by atoms with Crippen LogP contribution in [0.5, 0.6) is 0 Å². The molecule has 0 aromatic carbocycles. The molecular formula is C12H24O3. The monoisotopic (exact) mass is 216 g/mol. The van der Waals surface area contributed by atoms with Crippen LogP contribution in [-0.2, 0) is 9.47 Å². The van der Waals surface area contributed by atoms with Gasteiger partial charge < -0.3 is 14.6 Å². The van der Waals surface area contributed by atoms with Gasteiger partial charge in [-0.15, -0.1) is 0 Å². The van der Waals surface area contributed by atoms with Gasteiger partial charge in [-0.3, -0.25) is 0 Å². The largest absolute Gasteiger partial charge is 0.390 e. The highest BCUT2D eigenvalue weighted by atomic mass is 16.5. The van der Waals surface area contributed by atoms with E-state index in [1.165, 1.54) is 6.42 Å². The standard InChI is InChI=1S/C12H24O3/c1-3-5-12(14-2)11(13)8-7-10-6-4-9-15-10/h10-13H,3-9H2,1-2H3. The zero-order valence-electron chi connectivity index (χ0n) is 9.95. The lowest BCUT2D eigenvalue weighted by molar-refractivity contribution is -0.0272. The highest BCUT2D eigenvalue weighted by Crippen LogP contribution is 2.20. The van der Waals surface area contributed by atoms with Gasteiger partial charge in [0.2, 0.25) is 0 Å². The average molecular weight is 216 g/mol. The summed E-state index contributed by atoms with van der Waals surface area (Å²) in [7, 11) is 1.68. The Morgan fingerprint density at radius 3 is 2.80 bits per heavy atom. The molecule has 1 heterocycles. The van der Waals surface area contributed by atoms with Crippen LogP contribution in [0.25, 0.3) is 0 Å². The van der Waals surface area contributed by atoms with Gasteiger partial charge in [-0.1, -0.05) is 13.3 Å². The zero-order chi connectivity index (χ0) is 11.1. The maximum atomic E-state index is 9.92. The van der Waals surface area contributed by atoms with E-state index in [0.29, 0.717) is 6.10 Å². The van der Waals surface area contributed by atoms with Crippen molar-refractivity contribution in [3.8, 4) is 0 Å². The summed E-state index contributed by atoms with van der Waals surface area (Å²) in [6.45, 7) is 3.00. The van der Waals surface area contributed by atoms with Gasteiger partial charge in [0.1, 0.15) is 0 Å². The van der Waals surface area contributed by atoms with Crippen LogP contribution in [0.3, 0.4) is 0 Å². The molecule has 3 unspecified atom stereocenters. The fraction of sp³-hybridized carbons (Fsp3) is 1.00. The molecule has 0 amide bonds. The molecular weight excluding hydrogens is 192 g/mol. The Hall–Kier alpha value is -0.120. The van der Waals surface area contributed by atoms with Gasteiger partial charge in [0.25, 0.3) is 0 Å². The molecule has 15 heavy (non-hydrogen) atoms. The predicted octanol–water partition coefficient (Wildman–Crippen LogP) is 2.12. The Morgan fingerprint density at radius 2 is 2.27 bits per heavy atom. The van der Waals surface area contributed by atoms with Crippen molar-refractivity contribution >= 4 is 0 Å². The first-order chi connectivity index (χ1) is 7.27. The van der Waals surface area contributed by atoms with Gasteiger partial charge in [0.05, 0.1) is 18.3 Å². The van der Waals surface area contributed by atoms with Gasteiger partial charge >= 0.3 is 0 Å². The van der Waals surface area contributed by atoms with E-state index in [9.17, 15) is 5.11 Å². The first-order valence-corrected chi connectivity index (χ1v) is 6.10. The van der Waals surface area contributed by atoms with E-state index in [-0.39, 0.29) is 12.2 Å². The minimum absolute atomic E-state index is 0.00333. The Morgan fingerprint density at radius 1 is 1.47 bits per heavy atom. The number of hydrogen-bond donors (Lipinski definition) is 1. The second-order valence-corrected chi connectivity index (χ2v) is 4.34. The first kappa shape index (κ1) is 12.9. The maximum absolute atomic E-state index is 9.92. The van der Waals surface area contributed by atoms with Crippen LogP contribution >= 0.6 is 0 Å². The molecule has 1 aliphatic rings. The van der Waals surface area contributed by atoms with Crippen molar-refractivity contribution in [1.29, 1.82) is 0 Å². The van der Waals surface area contributed by atoms with Crippen molar-refractivity contribution in [2.75, 3.05) is 13.7 Å². The molecule has 90 valence electrons. The van der Waals surface area contributed by atoms with Gasteiger partial charge in [0.15, 0.2) is 0 Å². The molecule has 0 aliphatic carbocycles. The summed E-state index contributed by atoms with van der Waals surface area (Å²) >= 11 is 0. The summed E-state index contributed by atoms with van der Waals surface area (Å²) in [5, 5.41) is 9.92. The predicted molar refractivity (Wildman–Crippen MR) is 59.9 cm³/mol. The molecule has 0 spiro atoms. The number of ether oxygens (including phenoxy) is 2. The van der Waals surface area contributed by atoms with Crippen molar-refractivity contribution in [1.82, 2.24) is 0 Å². The summed E-state index contributed by atoms with van der Waals surface area (Å²) in [4.78, 5) is 0. The SMILES string of the molecule is CCCC(OC)C(O)CCC1CCCO1. The Bertz CT molecular complexity index is 155. The number of aliphatic hydroxyl groups excluding tert-OH is 1. The molecule has 1 N–H and O–H groups in total. The summed E-state index contributed by atoms with van der Waals surface area (Å²) in [5.74, 6) is 0. The normalized spacial score (nSPS) is 25.4. The fourth-order valence-corrected chi connectivity index (χ4v) is 2.17. The van der Waals surface area contributed by atoms with E-state index in [1.54, 1.807) is 7.11 Å². The van der Waals surface area contributed by atoms with Gasteiger partial charge in [-0.05, 0) is 32.1 Å². The Labute approximate surface area is 92.8 Å². The third-order valence-electron chi connectivity index (χ3n) is 3.11. The lowest BCUT2D eigenvalue weighted by Crippen LogP contribution is -2.28. The van der Waals surface area contributed by atoms with E-state index in [1.807, 2.05) is 0 Å². The maximum Gasteiger partial charge on any atom is 0.0830 e. The molecule has 0 bridgehead atoms. The molecule has 0 aromatic rings. The molecule has 3 atom stereocenters. The smallest absolute Gasteiger partial charge is 0.0830 e. The second kappa shape index (κ2) is 7.20. The third kappa shape index (κ3) is 4.49. The number of hydrogen-bond acceptors (Lipinski definition) is 3. The van der Waals surface area contributed by atoms with Crippen molar-refractivity contribution < 1.29 is 14.6 Å². The average Bonchev–Trinajstić information content (AvgIpc) is 2.75. The van der Waals surface area contributed by atoms with Crippen LogP contribution in [0, 0.1) is 0 Å². The first-order valence-electron chi connectivity index (χ1n) is 6.10. The van der Waals surface area contributed by atoms with Gasteiger partial charge in [-0.25, -0.2) is 0 Å². The highest BCUT2D eigenvalue weighted by molar-refractivity contribution is 4.72. The van der Waals surface area contributed by atoms with Gasteiger partial charge in [0, 0.05) is 13.7 Å². The summed E-state index contributed by atoms with van der Waals surface area (Å²) < 4.78 is 10.8. The van der Waals surface area contributed by atoms with E-state index >= 15 is 0 Å². The minimum atomic E-state index is -0.334. The van der Waals surface area contributed by atoms with Crippen LogP contribution in [0.2, 0.25) is 0 Å². The minimum Gasteiger partial charge on any atom is -0.390 e. The fourth-order valence-electron chi connectivity index (χ4n) is 2.17. The number of rotatable bonds is 7. The van der Waals surface area contributed by atoms with Crippen molar-refractivity contribution in [2.24, 2.45) is 0 Å². The molecule has 0 aromatic heterocycles. The molecule has 1 aliphatic heterocycles. The van der Waals surface area contributed by atoms with Crippen molar-refractivity contribution in [2.45, 2.75) is 63.8 Å². The van der Waals surface area contributed by atoms with Gasteiger partial charge in [-0.2, -0.15) is 0 Å². The molecule has 3 heteroatoms. The molecule has 1 fully saturated rings. The molecule has 1 rings (SSSR count). The van der Waals surface area contributed by atoms with Crippen LogP contribution in [0.15, 0.2) is 0 Å². The lowest BCUT2D eigenvalue weighted by atomic mass is 10.0. The molecule has 3 nitrogen and oxygen atoms in total. The van der Waals surface area contributed by atoms with E-state index < -0.39 is 0 Å². The quantitative estimate of drug-likeness (QED) is 0.708. The molecule has 1 saturated heterocycles. The number of methoxy groups -OCH3 is 1. The molecule has 0 radical (unpaired) electrons. The van der Waals surface area contributed by atoms with Crippen LogP contribution in [0.4, 0.5) is 0 Å².